The van der Waals surface area contributed by atoms with Crippen LogP contribution in [0.4, 0.5) is 4.79 Å². The van der Waals surface area contributed by atoms with Crippen molar-refractivity contribution < 1.29 is 47.8 Å². The molecule has 436 valence electrons. The molecule has 6 aromatic rings. The smallest absolute Gasteiger partial charge is 0.407 e. The normalized spacial score (nSPS) is 22.2. The van der Waals surface area contributed by atoms with Gasteiger partial charge in [0.25, 0.3) is 0 Å². The van der Waals surface area contributed by atoms with E-state index in [1.54, 1.807) is 68.2 Å². The number of pyridine rings is 1. The number of fused-ring (bicyclic) bond motifs is 2. The Hall–Kier alpha value is -8.82. The molecule has 2 unspecified atom stereocenters. The summed E-state index contributed by atoms with van der Waals surface area (Å²) in [6.45, 7) is 1.68. The summed E-state index contributed by atoms with van der Waals surface area (Å²) in [6, 6.07) is 27.2. The van der Waals surface area contributed by atoms with E-state index < -0.39 is 83.9 Å². The van der Waals surface area contributed by atoms with E-state index in [1.165, 1.54) is 4.90 Å². The molecule has 21 heteroatoms. The maximum Gasteiger partial charge on any atom is 0.407 e. The number of carbonyl (C=O) groups excluding carboxylic acids is 7. The molecule has 3 saturated heterocycles. The number of carbonyl (C=O) groups is 7. The number of rotatable bonds is 18. The molecular formula is C62H73N11O10. The molecule has 3 fully saturated rings. The summed E-state index contributed by atoms with van der Waals surface area (Å²) in [5.74, 6) is -3.06. The molecule has 0 spiro atoms. The first-order valence-corrected chi connectivity index (χ1v) is 28.4. The van der Waals surface area contributed by atoms with E-state index in [9.17, 15) is 4.79 Å². The van der Waals surface area contributed by atoms with Gasteiger partial charge in [-0.2, -0.15) is 0 Å². The first-order chi connectivity index (χ1) is 40.4. The molecule has 0 aliphatic carbocycles. The number of methoxy groups -OCH3 is 1. The third-order valence-corrected chi connectivity index (χ3v) is 15.4. The van der Waals surface area contributed by atoms with Crippen molar-refractivity contribution in [3.63, 3.8) is 0 Å². The fraction of sp³-hybridized carbons (Fsp3) is 0.387. The highest BCUT2D eigenvalue weighted by Crippen LogP contribution is 2.27. The topological polar surface area (TPSA) is 289 Å². The van der Waals surface area contributed by atoms with Gasteiger partial charge < -0.3 is 67.0 Å². The van der Waals surface area contributed by atoms with Crippen LogP contribution in [0.15, 0.2) is 134 Å². The summed E-state index contributed by atoms with van der Waals surface area (Å²) < 4.78 is 17.4. The van der Waals surface area contributed by atoms with Gasteiger partial charge in [-0.05, 0) is 115 Å². The van der Waals surface area contributed by atoms with Gasteiger partial charge in [-0.15, -0.1) is 0 Å². The number of nitrogens with zero attached hydrogens (tertiary/aromatic N) is 2. The van der Waals surface area contributed by atoms with Crippen LogP contribution in [0.1, 0.15) is 59.9 Å². The molecule has 10 N–H and O–H groups in total. The van der Waals surface area contributed by atoms with Gasteiger partial charge in [0.15, 0.2) is 0 Å². The average molecular weight is 1130 g/mol. The Balaban J connectivity index is 1.11. The molecule has 0 radical (unpaired) electrons. The molecule has 4 aromatic carbocycles. The molecule has 21 nitrogen and oxygen atoms in total. The van der Waals surface area contributed by atoms with Gasteiger partial charge in [-0.25, -0.2) is 4.79 Å². The Morgan fingerprint density at radius 2 is 1.30 bits per heavy atom. The fourth-order valence-corrected chi connectivity index (χ4v) is 11.0. The van der Waals surface area contributed by atoms with E-state index in [2.05, 4.69) is 47.2 Å². The summed E-state index contributed by atoms with van der Waals surface area (Å²) in [7, 11) is 1.55. The third kappa shape index (κ3) is 16.2. The number of alkyl carbamates (subject to hydrolysis) is 1. The predicted octanol–water partition coefficient (Wildman–Crippen LogP) is 3.29. The van der Waals surface area contributed by atoms with Gasteiger partial charge in [-0.3, -0.25) is 33.8 Å². The van der Waals surface area contributed by atoms with Crippen LogP contribution >= 0.6 is 0 Å². The molecular weight excluding hydrogens is 1060 g/mol. The molecule has 5 heterocycles. The lowest BCUT2D eigenvalue weighted by atomic mass is 9.90. The number of nitrogens with one attached hydrogen (secondary N) is 8. The maximum absolute atomic E-state index is 15.4. The van der Waals surface area contributed by atoms with Crippen molar-refractivity contribution >= 4 is 52.4 Å². The summed E-state index contributed by atoms with van der Waals surface area (Å²) in [5, 5.41) is 21.5. The first-order valence-electron chi connectivity index (χ1n) is 28.4. The number of ether oxygens (including phenoxy) is 3. The molecule has 7 amide bonds. The molecule has 2 aromatic heterocycles. The Labute approximate surface area is 481 Å². The van der Waals surface area contributed by atoms with Crippen LogP contribution in [0.5, 0.6) is 11.5 Å². The van der Waals surface area contributed by atoms with Gasteiger partial charge in [0.05, 0.1) is 13.7 Å². The number of aromatic nitrogens is 2. The van der Waals surface area contributed by atoms with Gasteiger partial charge >= 0.3 is 6.09 Å². The van der Waals surface area contributed by atoms with E-state index in [4.69, 9.17) is 19.9 Å². The minimum atomic E-state index is -1.37. The van der Waals surface area contributed by atoms with Gasteiger partial charge in [0.1, 0.15) is 60.5 Å². The highest BCUT2D eigenvalue weighted by Gasteiger charge is 2.45. The largest absolute Gasteiger partial charge is 0.497 e. The molecule has 3 aliphatic heterocycles. The number of aromatic amines is 1. The number of amides is 7. The van der Waals surface area contributed by atoms with Crippen molar-refractivity contribution in [3.8, 4) is 11.5 Å². The monoisotopic (exact) mass is 1130 g/mol. The summed E-state index contributed by atoms with van der Waals surface area (Å²) in [6.07, 6.45) is 4.66. The van der Waals surface area contributed by atoms with Crippen LogP contribution in [-0.2, 0) is 65.8 Å². The zero-order chi connectivity index (χ0) is 58.1. The summed E-state index contributed by atoms with van der Waals surface area (Å²) >= 11 is 0. The molecule has 7 atom stereocenters. The van der Waals surface area contributed by atoms with Crippen molar-refractivity contribution in [2.45, 2.75) is 107 Å². The minimum Gasteiger partial charge on any atom is -0.497 e. The number of benzene rings is 4. The summed E-state index contributed by atoms with van der Waals surface area (Å²) in [5.41, 5.74) is 10.1. The molecule has 83 heavy (non-hydrogen) atoms. The Morgan fingerprint density at radius 1 is 0.675 bits per heavy atom. The number of piperidine rings is 1. The van der Waals surface area contributed by atoms with Gasteiger partial charge in [0.2, 0.25) is 35.4 Å². The zero-order valence-electron chi connectivity index (χ0n) is 46.5. The van der Waals surface area contributed by atoms with Crippen molar-refractivity contribution in [3.05, 3.63) is 162 Å². The number of nitrogens with two attached hydrogens (primary N) is 1. The lowest BCUT2D eigenvalue weighted by molar-refractivity contribution is -0.143. The molecule has 9 rings (SSSR count). The lowest BCUT2D eigenvalue weighted by Gasteiger charge is -2.32. The minimum absolute atomic E-state index is 0.0120. The van der Waals surface area contributed by atoms with Crippen LogP contribution in [0, 0.1) is 5.92 Å². The van der Waals surface area contributed by atoms with Crippen LogP contribution in [0.25, 0.3) is 10.9 Å². The second kappa shape index (κ2) is 28.7. The number of hydrogen-bond acceptors (Lipinski definition) is 13. The first kappa shape index (κ1) is 58.8. The molecule has 0 bridgehead atoms. The number of hydrogen-bond donors (Lipinski definition) is 9. The highest BCUT2D eigenvalue weighted by atomic mass is 16.6. The van der Waals surface area contributed by atoms with E-state index in [1.807, 2.05) is 72.8 Å². The van der Waals surface area contributed by atoms with E-state index >= 15 is 28.8 Å². The quantitative estimate of drug-likeness (QED) is 0.0598. The Morgan fingerprint density at radius 3 is 2.00 bits per heavy atom. The van der Waals surface area contributed by atoms with Gasteiger partial charge in [-0.1, -0.05) is 78.9 Å². The Kier molecular flexibility index (Phi) is 20.4. The van der Waals surface area contributed by atoms with E-state index in [0.29, 0.717) is 67.1 Å². The van der Waals surface area contributed by atoms with Crippen LogP contribution in [-0.4, -0.2) is 139 Å². The third-order valence-electron chi connectivity index (χ3n) is 15.4. The molecule has 3 aliphatic rings. The standard InChI is InChI=1S/C62H73N11O10/c1-81-46-19-21-49-48(33-46)44(36-67-49)32-53-59(77)70-52(30-41-22-26-64-27-23-41)57(75)69-51(29-40-14-17-45(18-15-40)82-38-42-11-6-3-7-12-42)58(76)72-54(31-43-13-8-25-65-35-43)61(79)73-37-47(83-62(80)66-28-24-63)34-55(73)60(78)68-50(56(74)71-53)20-16-39-9-4-2-5-10-39/h2-15,17-19,21,25,33,35-36,41,47,50-55,64,67H,16,20,22-24,26-32,34,37-38,63H2,1H3,(H,66,80)(H,68,78)(H,69,75)(H,70,77)(H,71,74)(H,72,76)/t47-,50+,51+,52?,53-,54?,55+/m1/s1. The van der Waals surface area contributed by atoms with Crippen LogP contribution < -0.4 is 52.4 Å². The fourth-order valence-electron chi connectivity index (χ4n) is 11.0. The Bertz CT molecular complexity index is 3160. The second-order valence-corrected chi connectivity index (χ2v) is 21.4. The van der Waals surface area contributed by atoms with E-state index in [-0.39, 0.29) is 64.1 Å². The van der Waals surface area contributed by atoms with Gasteiger partial charge in [0, 0.05) is 68.3 Å². The number of aryl methyl sites for hydroxylation is 1. The van der Waals surface area contributed by atoms with Crippen LogP contribution in [0.2, 0.25) is 0 Å². The van der Waals surface area contributed by atoms with Crippen molar-refractivity contribution in [2.75, 3.05) is 39.8 Å². The highest BCUT2D eigenvalue weighted by molar-refractivity contribution is 5.99. The lowest BCUT2D eigenvalue weighted by Crippen LogP contribution is -2.62. The SMILES string of the molecule is COc1ccc2[nH]cc(C[C@H]3NC(=O)[C@H](CCc4ccccc4)NC(=O)[C@@H]4C[C@@H](OC(=O)NCCN)CN4C(=O)C(Cc4cccnc4)NC(=O)[C@H](Cc4ccc(OCc5ccccc5)cc4)NC(=O)C(CC4CCNCC4)NC3=O)c2c1. The average Bonchev–Trinajstić information content (AvgIpc) is 4.37. The summed E-state index contributed by atoms with van der Waals surface area (Å²) in [4.78, 5) is 113. The van der Waals surface area contributed by atoms with E-state index in [0.717, 1.165) is 22.0 Å². The second-order valence-electron chi connectivity index (χ2n) is 21.4. The van der Waals surface area contributed by atoms with Crippen molar-refractivity contribution in [1.29, 1.82) is 0 Å². The predicted molar refractivity (Wildman–Crippen MR) is 309 cm³/mol. The zero-order valence-corrected chi connectivity index (χ0v) is 46.5. The molecule has 0 saturated carbocycles. The van der Waals surface area contributed by atoms with Crippen LogP contribution in [0.3, 0.4) is 0 Å². The van der Waals surface area contributed by atoms with Crippen molar-refractivity contribution in [2.24, 2.45) is 11.7 Å². The maximum atomic E-state index is 15.4. The van der Waals surface area contributed by atoms with Crippen molar-refractivity contribution in [1.82, 2.24) is 52.1 Å². The number of H-pyrrole nitrogens is 1.